The monoisotopic (exact) mass is 283 g/mol. The van der Waals surface area contributed by atoms with Crippen LogP contribution in [0, 0.1) is 0 Å². The van der Waals surface area contributed by atoms with E-state index in [0.29, 0.717) is 13.1 Å². The number of amides is 1. The van der Waals surface area contributed by atoms with Crippen molar-refractivity contribution < 1.29 is 15.0 Å². The van der Waals surface area contributed by atoms with Crippen molar-refractivity contribution in [2.24, 2.45) is 0 Å². The van der Waals surface area contributed by atoms with Crippen LogP contribution < -0.4 is 0 Å². The zero-order chi connectivity index (χ0) is 14.8. The van der Waals surface area contributed by atoms with Crippen LogP contribution in [-0.2, 0) is 12.8 Å². The number of phenols is 2. The van der Waals surface area contributed by atoms with Crippen LogP contribution in [0.1, 0.15) is 21.5 Å². The van der Waals surface area contributed by atoms with Gasteiger partial charge in [0.15, 0.2) is 0 Å². The predicted molar refractivity (Wildman–Crippen MR) is 79.5 cm³/mol. The lowest BCUT2D eigenvalue weighted by Crippen LogP contribution is -2.33. The second-order valence-electron chi connectivity index (χ2n) is 5.26. The summed E-state index contributed by atoms with van der Waals surface area (Å²) in [4.78, 5) is 14.3. The fraction of sp³-hybridized carbons (Fsp3) is 0.235. The van der Waals surface area contributed by atoms with Crippen molar-refractivity contribution in [1.82, 2.24) is 4.90 Å². The molecule has 0 aromatic heterocycles. The summed E-state index contributed by atoms with van der Waals surface area (Å²) in [5, 5.41) is 19.3. The average molecular weight is 283 g/mol. The first-order chi connectivity index (χ1) is 10.1. The Balaban J connectivity index is 1.82. The lowest BCUT2D eigenvalue weighted by molar-refractivity contribution is 0.0759. The van der Waals surface area contributed by atoms with Gasteiger partial charge >= 0.3 is 0 Å². The number of hydrogen-bond acceptors (Lipinski definition) is 3. The molecule has 0 saturated carbocycles. The molecule has 2 aromatic carbocycles. The van der Waals surface area contributed by atoms with Crippen molar-refractivity contribution in [3.05, 3.63) is 59.2 Å². The Labute approximate surface area is 123 Å². The minimum atomic E-state index is -0.240. The van der Waals surface area contributed by atoms with E-state index in [1.807, 2.05) is 12.1 Å². The SMILES string of the molecule is O=C(c1cc(O)ccc1O)N1CCc2ccccc2CC1. The fourth-order valence-corrected chi connectivity index (χ4v) is 2.74. The van der Waals surface area contributed by atoms with Gasteiger partial charge in [0.05, 0.1) is 5.56 Å². The number of carbonyl (C=O) groups excluding carboxylic acids is 1. The van der Waals surface area contributed by atoms with Gasteiger partial charge in [-0.25, -0.2) is 0 Å². The maximum atomic E-state index is 12.5. The van der Waals surface area contributed by atoms with Crippen LogP contribution in [0.4, 0.5) is 0 Å². The van der Waals surface area contributed by atoms with Gasteiger partial charge in [0.25, 0.3) is 5.91 Å². The Morgan fingerprint density at radius 2 is 1.57 bits per heavy atom. The molecular formula is C17H17NO3. The Kier molecular flexibility index (Phi) is 3.52. The van der Waals surface area contributed by atoms with Crippen LogP contribution in [0.15, 0.2) is 42.5 Å². The molecule has 0 spiro atoms. The molecular weight excluding hydrogens is 266 g/mol. The van der Waals surface area contributed by atoms with Gasteiger partial charge in [-0.05, 0) is 42.2 Å². The highest BCUT2D eigenvalue weighted by Gasteiger charge is 2.22. The average Bonchev–Trinajstić information content (AvgIpc) is 2.71. The van der Waals surface area contributed by atoms with Gasteiger partial charge in [-0.15, -0.1) is 0 Å². The third-order valence-electron chi connectivity index (χ3n) is 3.92. The van der Waals surface area contributed by atoms with Gasteiger partial charge in [-0.2, -0.15) is 0 Å². The van der Waals surface area contributed by atoms with Crippen LogP contribution in [0.3, 0.4) is 0 Å². The van der Waals surface area contributed by atoms with Crippen molar-refractivity contribution in [3.8, 4) is 11.5 Å². The molecule has 0 fully saturated rings. The van der Waals surface area contributed by atoms with Gasteiger partial charge in [0.2, 0.25) is 0 Å². The molecule has 21 heavy (non-hydrogen) atoms. The minimum Gasteiger partial charge on any atom is -0.508 e. The molecule has 3 rings (SSSR count). The summed E-state index contributed by atoms with van der Waals surface area (Å²) in [5.74, 6) is -0.356. The van der Waals surface area contributed by atoms with Crippen LogP contribution in [0.2, 0.25) is 0 Å². The Morgan fingerprint density at radius 3 is 2.19 bits per heavy atom. The van der Waals surface area contributed by atoms with E-state index in [1.54, 1.807) is 4.90 Å². The molecule has 4 heteroatoms. The predicted octanol–water partition coefficient (Wildman–Crippen LogP) is 2.34. The summed E-state index contributed by atoms with van der Waals surface area (Å²) in [6.07, 6.45) is 1.61. The van der Waals surface area contributed by atoms with E-state index >= 15 is 0 Å². The summed E-state index contributed by atoms with van der Waals surface area (Å²) >= 11 is 0. The highest BCUT2D eigenvalue weighted by molar-refractivity contribution is 5.97. The number of benzene rings is 2. The van der Waals surface area contributed by atoms with E-state index in [4.69, 9.17) is 0 Å². The molecule has 0 unspecified atom stereocenters. The van der Waals surface area contributed by atoms with Crippen molar-refractivity contribution in [3.63, 3.8) is 0 Å². The zero-order valence-corrected chi connectivity index (χ0v) is 11.6. The largest absolute Gasteiger partial charge is 0.508 e. The third kappa shape index (κ3) is 2.70. The summed E-state index contributed by atoms with van der Waals surface area (Å²) in [5.41, 5.74) is 2.70. The van der Waals surface area contributed by atoms with Crippen LogP contribution in [-0.4, -0.2) is 34.1 Å². The van der Waals surface area contributed by atoms with Crippen LogP contribution >= 0.6 is 0 Å². The normalized spacial score (nSPS) is 14.4. The van der Waals surface area contributed by atoms with E-state index < -0.39 is 0 Å². The molecule has 0 atom stereocenters. The molecule has 0 radical (unpaired) electrons. The van der Waals surface area contributed by atoms with Crippen LogP contribution in [0.25, 0.3) is 0 Å². The summed E-state index contributed by atoms with van der Waals surface area (Å²) in [6, 6.07) is 12.2. The molecule has 108 valence electrons. The molecule has 1 aliphatic heterocycles. The lowest BCUT2D eigenvalue weighted by Gasteiger charge is -2.20. The van der Waals surface area contributed by atoms with Crippen molar-refractivity contribution in [2.45, 2.75) is 12.8 Å². The molecule has 1 aliphatic rings. The number of hydrogen-bond donors (Lipinski definition) is 2. The maximum Gasteiger partial charge on any atom is 0.257 e. The first-order valence-corrected chi connectivity index (χ1v) is 7.03. The summed E-state index contributed by atoms with van der Waals surface area (Å²) in [6.45, 7) is 1.23. The fourth-order valence-electron chi connectivity index (χ4n) is 2.74. The summed E-state index contributed by atoms with van der Waals surface area (Å²) < 4.78 is 0. The Morgan fingerprint density at radius 1 is 0.952 bits per heavy atom. The molecule has 0 bridgehead atoms. The highest BCUT2D eigenvalue weighted by Crippen LogP contribution is 2.25. The molecule has 1 amide bonds. The molecule has 0 aliphatic carbocycles. The van der Waals surface area contributed by atoms with E-state index in [0.717, 1.165) is 12.8 Å². The topological polar surface area (TPSA) is 60.8 Å². The lowest BCUT2D eigenvalue weighted by atomic mass is 10.0. The molecule has 0 saturated heterocycles. The quantitative estimate of drug-likeness (QED) is 0.790. The van der Waals surface area contributed by atoms with Gasteiger partial charge in [-0.3, -0.25) is 4.79 Å². The third-order valence-corrected chi connectivity index (χ3v) is 3.92. The number of nitrogens with zero attached hydrogens (tertiary/aromatic N) is 1. The van der Waals surface area contributed by atoms with E-state index in [2.05, 4.69) is 12.1 Å². The zero-order valence-electron chi connectivity index (χ0n) is 11.6. The highest BCUT2D eigenvalue weighted by atomic mass is 16.3. The van der Waals surface area contributed by atoms with E-state index in [-0.39, 0.29) is 23.0 Å². The first kappa shape index (κ1) is 13.5. The molecule has 4 nitrogen and oxygen atoms in total. The number of carbonyl (C=O) groups is 1. The number of phenolic OH excluding ortho intramolecular Hbond substituents is 2. The van der Waals surface area contributed by atoms with Crippen molar-refractivity contribution in [2.75, 3.05) is 13.1 Å². The number of aromatic hydroxyl groups is 2. The first-order valence-electron chi connectivity index (χ1n) is 7.03. The van der Waals surface area contributed by atoms with Gasteiger partial charge in [0, 0.05) is 13.1 Å². The van der Waals surface area contributed by atoms with Gasteiger partial charge in [0.1, 0.15) is 11.5 Å². The molecule has 2 N–H and O–H groups in total. The van der Waals surface area contributed by atoms with Gasteiger partial charge < -0.3 is 15.1 Å². The number of fused-ring (bicyclic) bond motifs is 1. The minimum absolute atomic E-state index is 0.0192. The summed E-state index contributed by atoms with van der Waals surface area (Å²) in [7, 11) is 0. The van der Waals surface area contributed by atoms with E-state index in [9.17, 15) is 15.0 Å². The Bertz CT molecular complexity index is 654. The Hall–Kier alpha value is -2.49. The second kappa shape index (κ2) is 5.48. The standard InChI is InChI=1S/C17H17NO3/c19-14-5-6-16(20)15(11-14)17(21)18-9-7-12-3-1-2-4-13(12)8-10-18/h1-6,11,19-20H,7-10H2. The molecule has 1 heterocycles. The maximum absolute atomic E-state index is 12.5. The van der Waals surface area contributed by atoms with Gasteiger partial charge in [-0.1, -0.05) is 24.3 Å². The van der Waals surface area contributed by atoms with Crippen molar-refractivity contribution in [1.29, 1.82) is 0 Å². The van der Waals surface area contributed by atoms with Crippen molar-refractivity contribution >= 4 is 5.91 Å². The number of rotatable bonds is 1. The molecule has 2 aromatic rings. The van der Waals surface area contributed by atoms with E-state index in [1.165, 1.54) is 29.3 Å². The van der Waals surface area contributed by atoms with Crippen LogP contribution in [0.5, 0.6) is 11.5 Å². The smallest absolute Gasteiger partial charge is 0.257 e. The second-order valence-corrected chi connectivity index (χ2v) is 5.26.